The first-order valence-corrected chi connectivity index (χ1v) is 7.08. The smallest absolute Gasteiger partial charge is 0.346 e. The molecule has 0 bridgehead atoms. The number of hydrogen-bond donors (Lipinski definition) is 0. The molecular weight excluding hydrogens is 272 g/mol. The number of hydrogen-bond acceptors (Lipinski definition) is 5. The number of benzene rings is 1. The van der Waals surface area contributed by atoms with Gasteiger partial charge >= 0.3 is 17.9 Å². The number of carbonyl (C=O) groups is 3. The van der Waals surface area contributed by atoms with Crippen LogP contribution < -0.4 is 0 Å². The highest BCUT2D eigenvalue weighted by Gasteiger charge is 2.21. The van der Waals surface area contributed by atoms with Crippen LogP contribution in [0, 0.1) is 0 Å². The third-order valence-electron chi connectivity index (χ3n) is 2.83. The molecule has 0 N–H and O–H groups in total. The third kappa shape index (κ3) is 4.70. The molecule has 0 saturated carbocycles. The van der Waals surface area contributed by atoms with E-state index in [9.17, 15) is 14.4 Å². The average molecular weight is 292 g/mol. The van der Waals surface area contributed by atoms with Gasteiger partial charge in [-0.3, -0.25) is 4.79 Å². The van der Waals surface area contributed by atoms with Gasteiger partial charge in [-0.15, -0.1) is 0 Å². The zero-order valence-electron chi connectivity index (χ0n) is 12.6. The lowest BCUT2D eigenvalue weighted by molar-refractivity contribution is -0.137. The van der Waals surface area contributed by atoms with Gasteiger partial charge in [-0.05, 0) is 31.0 Å². The second-order valence-corrected chi connectivity index (χ2v) is 4.47. The van der Waals surface area contributed by atoms with Crippen molar-refractivity contribution < 1.29 is 23.9 Å². The number of aryl methyl sites for hydroxylation is 1. The molecule has 0 aliphatic rings. The molecule has 114 valence electrons. The van der Waals surface area contributed by atoms with Gasteiger partial charge in [0.1, 0.15) is 0 Å². The molecular formula is C16H20O5. The summed E-state index contributed by atoms with van der Waals surface area (Å²) in [5.41, 5.74) is 1.09. The van der Waals surface area contributed by atoms with Crippen LogP contribution in [0.3, 0.4) is 0 Å². The van der Waals surface area contributed by atoms with Gasteiger partial charge < -0.3 is 9.47 Å². The second-order valence-electron chi connectivity index (χ2n) is 4.47. The molecule has 21 heavy (non-hydrogen) atoms. The minimum Gasteiger partial charge on any atom is -0.462 e. The van der Waals surface area contributed by atoms with Crippen LogP contribution in [-0.2, 0) is 20.7 Å². The Hall–Kier alpha value is -2.17. The fourth-order valence-corrected chi connectivity index (χ4v) is 1.82. The summed E-state index contributed by atoms with van der Waals surface area (Å²) in [6.07, 6.45) is 1.77. The lowest BCUT2D eigenvalue weighted by Crippen LogP contribution is -2.17. The predicted molar refractivity (Wildman–Crippen MR) is 77.1 cm³/mol. The minimum absolute atomic E-state index is 0.0706. The van der Waals surface area contributed by atoms with Crippen molar-refractivity contribution in [3.8, 4) is 0 Å². The predicted octanol–water partition coefficient (Wildman–Crippen LogP) is 2.91. The van der Waals surface area contributed by atoms with E-state index in [1.807, 2.05) is 6.92 Å². The van der Waals surface area contributed by atoms with Crippen molar-refractivity contribution >= 4 is 17.9 Å². The Balaban J connectivity index is 3.15. The topological polar surface area (TPSA) is 69.7 Å². The van der Waals surface area contributed by atoms with Crippen molar-refractivity contribution in [3.63, 3.8) is 0 Å². The van der Waals surface area contributed by atoms with E-state index in [0.717, 1.165) is 18.4 Å². The van der Waals surface area contributed by atoms with Crippen LogP contribution in [0.2, 0.25) is 0 Å². The second kappa shape index (κ2) is 8.19. The van der Waals surface area contributed by atoms with E-state index in [4.69, 9.17) is 9.47 Å². The molecule has 0 unspecified atom stereocenters. The maximum atomic E-state index is 12.0. The SMILES string of the molecule is CCCc1ccc(C(=O)OCC)c(C(=O)OC(=O)CC)c1. The van der Waals surface area contributed by atoms with Crippen LogP contribution >= 0.6 is 0 Å². The maximum absolute atomic E-state index is 12.0. The van der Waals surface area contributed by atoms with E-state index in [-0.39, 0.29) is 24.2 Å². The van der Waals surface area contributed by atoms with E-state index in [2.05, 4.69) is 0 Å². The first-order valence-electron chi connectivity index (χ1n) is 7.08. The Morgan fingerprint density at radius 3 is 2.29 bits per heavy atom. The average Bonchev–Trinajstić information content (AvgIpc) is 2.47. The summed E-state index contributed by atoms with van der Waals surface area (Å²) in [7, 11) is 0. The summed E-state index contributed by atoms with van der Waals surface area (Å²) in [4.78, 5) is 35.2. The maximum Gasteiger partial charge on any atom is 0.346 e. The summed E-state index contributed by atoms with van der Waals surface area (Å²) in [5, 5.41) is 0. The van der Waals surface area contributed by atoms with Crippen molar-refractivity contribution in [1.29, 1.82) is 0 Å². The van der Waals surface area contributed by atoms with Gasteiger partial charge in [-0.1, -0.05) is 26.3 Å². The highest BCUT2D eigenvalue weighted by molar-refractivity contribution is 6.06. The van der Waals surface area contributed by atoms with Gasteiger partial charge in [0.2, 0.25) is 0 Å². The Labute approximate surface area is 124 Å². The zero-order valence-corrected chi connectivity index (χ0v) is 12.6. The van der Waals surface area contributed by atoms with Gasteiger partial charge in [0, 0.05) is 6.42 Å². The van der Waals surface area contributed by atoms with Gasteiger partial charge in [0.25, 0.3) is 0 Å². The van der Waals surface area contributed by atoms with E-state index in [1.165, 1.54) is 6.07 Å². The molecule has 0 saturated heterocycles. The summed E-state index contributed by atoms with van der Waals surface area (Å²) in [6, 6.07) is 4.89. The normalized spacial score (nSPS) is 10.0. The molecule has 0 aliphatic heterocycles. The van der Waals surface area contributed by atoms with Crippen LogP contribution in [0.5, 0.6) is 0 Å². The molecule has 1 aromatic carbocycles. The zero-order chi connectivity index (χ0) is 15.8. The van der Waals surface area contributed by atoms with Gasteiger partial charge in [0.05, 0.1) is 17.7 Å². The summed E-state index contributed by atoms with van der Waals surface area (Å²) in [5.74, 6) is -2.05. The van der Waals surface area contributed by atoms with Crippen molar-refractivity contribution in [1.82, 2.24) is 0 Å². The molecule has 0 spiro atoms. The Morgan fingerprint density at radius 2 is 1.71 bits per heavy atom. The van der Waals surface area contributed by atoms with E-state index in [0.29, 0.717) is 0 Å². The molecule has 1 rings (SSSR count). The summed E-state index contributed by atoms with van der Waals surface area (Å²) in [6.45, 7) is 5.49. The number of carbonyl (C=O) groups excluding carboxylic acids is 3. The Morgan fingerprint density at radius 1 is 1.00 bits per heavy atom. The van der Waals surface area contributed by atoms with E-state index in [1.54, 1.807) is 26.0 Å². The third-order valence-corrected chi connectivity index (χ3v) is 2.83. The monoisotopic (exact) mass is 292 g/mol. The molecule has 0 aliphatic carbocycles. The van der Waals surface area contributed by atoms with E-state index < -0.39 is 17.9 Å². The van der Waals surface area contributed by atoms with Crippen molar-refractivity contribution in [3.05, 3.63) is 34.9 Å². The molecule has 0 amide bonds. The number of rotatable bonds is 6. The molecule has 5 heteroatoms. The van der Waals surface area contributed by atoms with Crippen LogP contribution in [0.4, 0.5) is 0 Å². The van der Waals surface area contributed by atoms with Gasteiger partial charge in [-0.2, -0.15) is 0 Å². The Bertz CT molecular complexity index is 533. The molecule has 0 atom stereocenters. The van der Waals surface area contributed by atoms with Crippen molar-refractivity contribution in [2.45, 2.75) is 40.0 Å². The summed E-state index contributed by atoms with van der Waals surface area (Å²) < 4.78 is 9.62. The highest BCUT2D eigenvalue weighted by Crippen LogP contribution is 2.16. The standard InChI is InChI=1S/C16H20O5/c1-4-7-11-8-9-12(15(18)20-6-3)13(10-11)16(19)21-14(17)5-2/h8-10H,4-7H2,1-3H3. The van der Waals surface area contributed by atoms with Crippen LogP contribution in [0.15, 0.2) is 18.2 Å². The first-order chi connectivity index (χ1) is 10.0. The molecule has 0 aromatic heterocycles. The van der Waals surface area contributed by atoms with Crippen LogP contribution in [0.1, 0.15) is 59.9 Å². The quantitative estimate of drug-likeness (QED) is 0.595. The minimum atomic E-state index is -0.817. The molecule has 0 fully saturated rings. The largest absolute Gasteiger partial charge is 0.462 e. The van der Waals surface area contributed by atoms with Crippen LogP contribution in [0.25, 0.3) is 0 Å². The highest BCUT2D eigenvalue weighted by atomic mass is 16.6. The molecule has 5 nitrogen and oxygen atoms in total. The number of ether oxygens (including phenoxy) is 2. The Kier molecular flexibility index (Phi) is 6.59. The molecule has 0 radical (unpaired) electrons. The summed E-state index contributed by atoms with van der Waals surface area (Å²) >= 11 is 0. The first kappa shape index (κ1) is 16.9. The number of esters is 3. The molecule has 0 heterocycles. The fraction of sp³-hybridized carbons (Fsp3) is 0.438. The molecule has 1 aromatic rings. The van der Waals surface area contributed by atoms with Gasteiger partial charge in [-0.25, -0.2) is 9.59 Å². The van der Waals surface area contributed by atoms with Crippen molar-refractivity contribution in [2.75, 3.05) is 6.61 Å². The van der Waals surface area contributed by atoms with Gasteiger partial charge in [0.15, 0.2) is 0 Å². The fourth-order valence-electron chi connectivity index (χ4n) is 1.82. The van der Waals surface area contributed by atoms with Crippen LogP contribution in [-0.4, -0.2) is 24.5 Å². The van der Waals surface area contributed by atoms with Crippen molar-refractivity contribution in [2.24, 2.45) is 0 Å². The lowest BCUT2D eigenvalue weighted by Gasteiger charge is -2.10. The van der Waals surface area contributed by atoms with E-state index >= 15 is 0 Å². The lowest BCUT2D eigenvalue weighted by atomic mass is 10.0.